The van der Waals surface area contributed by atoms with Gasteiger partial charge in [-0.2, -0.15) is 0 Å². The molecule has 0 N–H and O–H groups in total. The zero-order valence-corrected chi connectivity index (χ0v) is 27.5. The number of benzene rings is 6. The van der Waals surface area contributed by atoms with Crippen molar-refractivity contribution in [3.63, 3.8) is 0 Å². The maximum absolute atomic E-state index is 3.78. The highest BCUT2D eigenvalue weighted by Gasteiger charge is 2.21. The second-order valence-electron chi connectivity index (χ2n) is 13.3. The molecule has 0 amide bonds. The fraction of sp³-hybridized carbons (Fsp3) is 0.156. The Balaban J connectivity index is 1.06. The summed E-state index contributed by atoms with van der Waals surface area (Å²) in [5, 5.41) is 0. The van der Waals surface area contributed by atoms with E-state index in [2.05, 4.69) is 177 Å². The van der Waals surface area contributed by atoms with E-state index in [1.807, 2.05) is 6.07 Å². The summed E-state index contributed by atoms with van der Waals surface area (Å²) in [5.74, 6) is 0.609. The van der Waals surface area contributed by atoms with Gasteiger partial charge in [-0.3, -0.25) is 18.3 Å². The zero-order valence-electron chi connectivity index (χ0n) is 27.5. The Morgan fingerprint density at radius 1 is 0.510 bits per heavy atom. The lowest BCUT2D eigenvalue weighted by molar-refractivity contribution is -0.573. The lowest BCUT2D eigenvalue weighted by Gasteiger charge is -2.24. The van der Waals surface area contributed by atoms with E-state index in [1.54, 1.807) is 0 Å². The molecule has 0 bridgehead atoms. The number of hydrogen-bond acceptors (Lipinski definition) is 0. The summed E-state index contributed by atoms with van der Waals surface area (Å²) in [5.41, 5.74) is 13.1. The summed E-state index contributed by atoms with van der Waals surface area (Å²) < 4.78 is 8.83. The molecule has 0 aliphatic heterocycles. The van der Waals surface area contributed by atoms with Gasteiger partial charge in [0.05, 0.1) is 44.8 Å². The van der Waals surface area contributed by atoms with Crippen LogP contribution in [0.4, 0.5) is 0 Å². The minimum absolute atomic E-state index is 0.609. The van der Waals surface area contributed by atoms with Gasteiger partial charge in [0.15, 0.2) is 0 Å². The van der Waals surface area contributed by atoms with Gasteiger partial charge in [0.1, 0.15) is 0 Å². The molecule has 2 aromatic heterocycles. The quantitative estimate of drug-likeness (QED) is 0.123. The standard InChI is InChI=1S/C45H38N4/c1-3-17-36(18-4-1)40-23-7-8-24-41(40)49-33-48(44-27-11-12-28-45(44)49)39-22-14-16-35(31-39)29-34-15-13-21-38(30-34)47-32-46(37-19-5-2-6-20-37)42-25-9-10-26-43(42)47/h2,5-16,19-28,30-31,36H,1,3-4,17-18,29H2. The first-order chi connectivity index (χ1) is 24.3. The van der Waals surface area contributed by atoms with Gasteiger partial charge < -0.3 is 0 Å². The molecule has 49 heavy (non-hydrogen) atoms. The molecule has 0 radical (unpaired) electrons. The molecule has 2 heterocycles. The van der Waals surface area contributed by atoms with Crippen LogP contribution >= 0.6 is 0 Å². The largest absolute Gasteiger partial charge is 0.292 e. The first kappa shape index (κ1) is 29.4. The second-order valence-corrected chi connectivity index (χ2v) is 13.3. The molecule has 0 saturated heterocycles. The maximum Gasteiger partial charge on any atom is 0.269 e. The smallest absolute Gasteiger partial charge is 0.269 e. The van der Waals surface area contributed by atoms with Crippen LogP contribution in [-0.4, -0.2) is 9.13 Å². The van der Waals surface area contributed by atoms with Crippen LogP contribution in [-0.2, 0) is 6.42 Å². The summed E-state index contributed by atoms with van der Waals surface area (Å²) in [6, 6.07) is 54.4. The van der Waals surface area contributed by atoms with Gasteiger partial charge >= 0.3 is 0 Å². The third-order valence-corrected chi connectivity index (χ3v) is 10.1. The fourth-order valence-corrected chi connectivity index (χ4v) is 7.75. The lowest BCUT2D eigenvalue weighted by atomic mass is 9.83. The number of rotatable bonds is 7. The first-order valence-corrected chi connectivity index (χ1v) is 17.5. The number of imidazole rings is 2. The molecule has 6 aromatic carbocycles. The molecule has 1 saturated carbocycles. The van der Waals surface area contributed by atoms with Crippen molar-refractivity contribution in [3.8, 4) is 22.7 Å². The summed E-state index contributed by atoms with van der Waals surface area (Å²) in [4.78, 5) is 0. The molecule has 0 spiro atoms. The van der Waals surface area contributed by atoms with E-state index in [0.717, 1.165) is 40.0 Å². The average molecular weight is 635 g/mol. The molecule has 1 aliphatic carbocycles. The monoisotopic (exact) mass is 634 g/mol. The van der Waals surface area contributed by atoms with Crippen LogP contribution < -0.4 is 9.13 Å². The molecule has 4 nitrogen and oxygen atoms in total. The minimum atomic E-state index is 0.609. The predicted octanol–water partition coefficient (Wildman–Crippen LogP) is 9.37. The van der Waals surface area contributed by atoms with E-state index in [-0.39, 0.29) is 0 Å². The summed E-state index contributed by atoms with van der Waals surface area (Å²) >= 11 is 0. The molecular weight excluding hydrogens is 597 g/mol. The Morgan fingerprint density at radius 3 is 1.73 bits per heavy atom. The summed E-state index contributed by atoms with van der Waals surface area (Å²) in [7, 11) is 0. The molecule has 4 heteroatoms. The van der Waals surface area contributed by atoms with Crippen LogP contribution in [0.2, 0.25) is 0 Å². The van der Waals surface area contributed by atoms with Crippen molar-refractivity contribution >= 4 is 22.1 Å². The Labute approximate surface area is 287 Å². The Bertz CT molecular complexity index is 2410. The van der Waals surface area contributed by atoms with Crippen LogP contribution in [0.15, 0.2) is 152 Å². The van der Waals surface area contributed by atoms with Gasteiger partial charge in [0, 0.05) is 0 Å². The van der Waals surface area contributed by atoms with Gasteiger partial charge in [-0.1, -0.05) is 128 Å². The van der Waals surface area contributed by atoms with Crippen molar-refractivity contribution in [1.29, 1.82) is 0 Å². The van der Waals surface area contributed by atoms with E-state index in [9.17, 15) is 0 Å². The third kappa shape index (κ3) is 5.53. The molecular formula is C45H38N4. The van der Waals surface area contributed by atoms with Crippen molar-refractivity contribution in [2.24, 2.45) is 0 Å². The van der Waals surface area contributed by atoms with Gasteiger partial charge in [-0.25, -0.2) is 0 Å². The van der Waals surface area contributed by atoms with Crippen molar-refractivity contribution in [1.82, 2.24) is 9.13 Å². The third-order valence-electron chi connectivity index (χ3n) is 10.1. The van der Waals surface area contributed by atoms with Gasteiger partial charge in [-0.15, -0.1) is 0 Å². The molecule has 1 aliphatic rings. The van der Waals surface area contributed by atoms with Crippen LogP contribution in [0.25, 0.3) is 44.8 Å². The topological polar surface area (TPSA) is 17.6 Å². The van der Waals surface area contributed by atoms with Crippen molar-refractivity contribution in [2.45, 2.75) is 44.4 Å². The number of hydrogen-bond donors (Lipinski definition) is 0. The first-order valence-electron chi connectivity index (χ1n) is 17.5. The zero-order chi connectivity index (χ0) is 32.6. The number of nitrogens with zero attached hydrogens (tertiary/aromatic N) is 4. The summed E-state index contributed by atoms with van der Waals surface area (Å²) in [6.45, 7) is 0. The van der Waals surface area contributed by atoms with E-state index >= 15 is 0 Å². The highest BCUT2D eigenvalue weighted by molar-refractivity contribution is 5.75. The van der Waals surface area contributed by atoms with E-state index < -0.39 is 0 Å². The highest BCUT2D eigenvalue weighted by atomic mass is 15.1. The maximum atomic E-state index is 3.78. The number of aromatic nitrogens is 4. The fourth-order valence-electron chi connectivity index (χ4n) is 7.75. The Kier molecular flexibility index (Phi) is 7.62. The van der Waals surface area contributed by atoms with Gasteiger partial charge in [0.25, 0.3) is 12.7 Å². The molecule has 9 rings (SSSR count). The number of fused-ring (bicyclic) bond motifs is 2. The van der Waals surface area contributed by atoms with Crippen molar-refractivity contribution in [2.75, 3.05) is 0 Å². The van der Waals surface area contributed by atoms with Gasteiger partial charge in [-0.05, 0) is 84.3 Å². The van der Waals surface area contributed by atoms with Crippen LogP contribution in [0.1, 0.15) is 54.7 Å². The number of para-hydroxylation sites is 6. The Morgan fingerprint density at radius 2 is 1.06 bits per heavy atom. The summed E-state index contributed by atoms with van der Waals surface area (Å²) in [6.07, 6.45) is 14.8. The van der Waals surface area contributed by atoms with Crippen LogP contribution in [0, 0.1) is 12.7 Å². The lowest BCUT2D eigenvalue weighted by Crippen LogP contribution is -2.32. The molecule has 8 aromatic rings. The van der Waals surface area contributed by atoms with Crippen molar-refractivity contribution in [3.05, 3.63) is 181 Å². The van der Waals surface area contributed by atoms with Crippen LogP contribution in [0.3, 0.4) is 0 Å². The molecule has 1 fully saturated rings. The second kappa shape index (κ2) is 12.7. The van der Waals surface area contributed by atoms with E-state index in [0.29, 0.717) is 5.92 Å². The van der Waals surface area contributed by atoms with Gasteiger partial charge in [0.2, 0.25) is 0 Å². The molecule has 0 atom stereocenters. The average Bonchev–Trinajstić information content (AvgIpc) is 3.76. The highest BCUT2D eigenvalue weighted by Crippen LogP contribution is 2.35. The Hall–Kier alpha value is -5.74. The molecule has 0 unspecified atom stereocenters. The predicted molar refractivity (Wildman–Crippen MR) is 196 cm³/mol. The SMILES string of the molecule is [c-]1n(-c2cccc(Cc3cccc(-n4[c-][n+](-c5ccccc5C5CCCCC5)c5ccccc54)c3)c2)c2ccccc2[n+]1-c1ccccc1. The van der Waals surface area contributed by atoms with Crippen molar-refractivity contribution < 1.29 is 9.13 Å². The molecule has 238 valence electrons. The van der Waals surface area contributed by atoms with E-state index in [4.69, 9.17) is 0 Å². The minimum Gasteiger partial charge on any atom is -0.292 e. The van der Waals surface area contributed by atoms with E-state index in [1.165, 1.54) is 60.0 Å². The van der Waals surface area contributed by atoms with Crippen LogP contribution in [0.5, 0.6) is 0 Å². The normalized spacial score (nSPS) is 13.7.